The maximum Gasteiger partial charge on any atom is 0.187 e. The lowest BCUT2D eigenvalue weighted by molar-refractivity contribution is -0.396. The second-order valence-corrected chi connectivity index (χ2v) is 23.9. The van der Waals surface area contributed by atoms with E-state index in [1.54, 1.807) is 12.4 Å². The molecule has 21 N–H and O–H groups in total. The Bertz CT molecular complexity index is 2360. The van der Waals surface area contributed by atoms with E-state index in [1.165, 1.54) is 11.1 Å². The molecule has 1 aromatic carbocycles. The average Bonchev–Trinajstić information content (AvgIpc) is 0.979. The van der Waals surface area contributed by atoms with E-state index in [1.807, 2.05) is 25.0 Å². The maximum atomic E-state index is 11.3. The third kappa shape index (κ3) is 15.9. The maximum absolute atomic E-state index is 11.3. The van der Waals surface area contributed by atoms with Gasteiger partial charge in [0.2, 0.25) is 0 Å². The molecule has 35 atom stereocenters. The highest BCUT2D eigenvalue weighted by Crippen LogP contribution is 2.39. The summed E-state index contributed by atoms with van der Waals surface area (Å²) in [4.78, 5) is 8.10. The standard InChI is InChI=1S/C42H70O35.C14H14N4/c43-1-8-29-15(50)22(57)36(64-8)72-30-9(2-44)66-38(24(59)17(30)52)74-32-11(4-46)68-40(26(61)19(32)54)76-34-13(6-48)70-42(28(63)21(34)56)77-35-14(7-49)69-41(27(62)20(35)55)75-33-12(5-47)67-39(25(60)18(33)53)73-31-10(3-45)65-37(71-29)23(58)16(31)51;1-2-13(9-17-6-4-15-11-17)8-14(3-1)10-18-7-5-16-12-18/h8-63H,1-7H2;1-8,11-12H,9-10H2/t8-,9-,10-,11-,12-,13-,14-,15-,16-,17-,18-,19-,20-,21-,22-,23-,24-,25-,26-,27-,28-,29-,30-,31-,32-,33-,34-,35-,36-,37-,38-,39-,40-,41-,42-;/m1./s1. The van der Waals surface area contributed by atoms with Crippen molar-refractivity contribution in [2.24, 2.45) is 0 Å². The van der Waals surface area contributed by atoms with Crippen LogP contribution in [0.25, 0.3) is 0 Å². The van der Waals surface area contributed by atoms with Crippen molar-refractivity contribution in [2.75, 3.05) is 46.2 Å². The summed E-state index contributed by atoms with van der Waals surface area (Å²) in [6.07, 6.45) is -59.0. The van der Waals surface area contributed by atoms with Crippen molar-refractivity contribution in [3.05, 3.63) is 72.8 Å². The Hall–Kier alpha value is -3.76. The predicted molar refractivity (Wildman–Crippen MR) is 298 cm³/mol. The summed E-state index contributed by atoms with van der Waals surface area (Å²) in [5.41, 5.74) is 2.57. The Morgan fingerprint density at radius 2 is 0.463 bits per heavy atom. The van der Waals surface area contributed by atoms with Crippen molar-refractivity contribution in [3.63, 3.8) is 0 Å². The second-order valence-electron chi connectivity index (χ2n) is 23.9. The summed E-state index contributed by atoms with van der Waals surface area (Å²) in [6, 6.07) is 8.59. The van der Waals surface area contributed by atoms with E-state index in [4.69, 9.17) is 66.3 Å². The molecule has 21 aliphatic rings. The smallest absolute Gasteiger partial charge is 0.187 e. The molecule has 24 rings (SSSR count). The van der Waals surface area contributed by atoms with Crippen LogP contribution in [0.2, 0.25) is 0 Å². The van der Waals surface area contributed by atoms with Gasteiger partial charge in [-0.05, 0) is 11.1 Å². The summed E-state index contributed by atoms with van der Waals surface area (Å²) >= 11 is 0. The lowest BCUT2D eigenvalue weighted by Crippen LogP contribution is -2.68. The molecule has 2 aromatic heterocycles. The minimum atomic E-state index is -2.21. The van der Waals surface area contributed by atoms with Crippen LogP contribution in [0, 0.1) is 0 Å². The van der Waals surface area contributed by atoms with E-state index in [9.17, 15) is 107 Å². The van der Waals surface area contributed by atoms with Gasteiger partial charge >= 0.3 is 0 Å². The van der Waals surface area contributed by atoms with E-state index in [0.29, 0.717) is 0 Å². The van der Waals surface area contributed by atoms with Gasteiger partial charge in [-0.2, -0.15) is 0 Å². The van der Waals surface area contributed by atoms with Gasteiger partial charge < -0.3 is 183 Å². The number of nitrogens with zero attached hydrogens (tertiary/aromatic N) is 4. The molecule has 21 aliphatic heterocycles. The molecular weight excluding hydrogens is 1290 g/mol. The Labute approximate surface area is 538 Å². The minimum absolute atomic E-state index is 0.859. The molecule has 23 heterocycles. The number of hydrogen-bond donors (Lipinski definition) is 21. The predicted octanol–water partition coefficient (Wildman–Crippen LogP) is -13.1. The fourth-order valence-corrected chi connectivity index (χ4v) is 12.4. The van der Waals surface area contributed by atoms with E-state index in [2.05, 4.69) is 43.4 Å². The van der Waals surface area contributed by atoms with Gasteiger partial charge in [-0.15, -0.1) is 0 Å². The third-order valence-corrected chi connectivity index (χ3v) is 17.6. The summed E-state index contributed by atoms with van der Waals surface area (Å²) in [5, 5.41) is 230. The minimum Gasteiger partial charge on any atom is -0.394 e. The molecule has 21 fully saturated rings. The summed E-state index contributed by atoms with van der Waals surface area (Å²) in [6.45, 7) is -5.61. The Kier molecular flexibility index (Phi) is 25.5. The molecule has 0 spiro atoms. The number of hydrogen-bond acceptors (Lipinski definition) is 37. The van der Waals surface area contributed by atoms with Gasteiger partial charge in [0.1, 0.15) is 171 Å². The molecule has 538 valence electrons. The first-order valence-electron chi connectivity index (χ1n) is 30.5. The number of aromatic nitrogens is 4. The largest absolute Gasteiger partial charge is 0.394 e. The Balaban J connectivity index is 0.000000466. The van der Waals surface area contributed by atoms with Crippen LogP contribution in [0.15, 0.2) is 61.7 Å². The third-order valence-electron chi connectivity index (χ3n) is 17.6. The molecule has 14 bridgehead atoms. The van der Waals surface area contributed by atoms with Crippen LogP contribution in [-0.4, -0.2) is 388 Å². The van der Waals surface area contributed by atoms with Crippen molar-refractivity contribution in [3.8, 4) is 0 Å². The normalized spacial score (nSPS) is 46.9. The second kappa shape index (κ2) is 32.7. The molecule has 0 aliphatic carbocycles. The molecular formula is C56H84N4O35. The molecule has 21 saturated heterocycles. The van der Waals surface area contributed by atoms with Gasteiger partial charge in [-0.3, -0.25) is 0 Å². The molecule has 0 saturated carbocycles. The van der Waals surface area contributed by atoms with Crippen molar-refractivity contribution >= 4 is 0 Å². The van der Waals surface area contributed by atoms with Crippen LogP contribution in [-0.2, 0) is 79.4 Å². The molecule has 39 heteroatoms. The lowest BCUT2D eigenvalue weighted by atomic mass is 9.95. The first-order valence-corrected chi connectivity index (χ1v) is 30.5. The Morgan fingerprint density at radius 1 is 0.274 bits per heavy atom. The highest BCUT2D eigenvalue weighted by Gasteiger charge is 2.59. The zero-order valence-corrected chi connectivity index (χ0v) is 50.2. The molecule has 39 nitrogen and oxygen atoms in total. The van der Waals surface area contributed by atoms with E-state index in [-0.39, 0.29) is 0 Å². The SMILES string of the molecule is OC[C@H]1O[C@@H]2O[C@H]3[C@H](O)[C@@H](O)[C@@H](O[C@H]4[C@H](O)[C@@H](O)[C@@H](O[C@H]5[C@H](O)[C@@H](O)[C@@H](O[C@H]6[C@H](O)[C@@H](O)[C@@H](O[C@H]7[C@H](O)[C@@H](O)[C@@H](O[C@H]8[C@H](O)[C@@H](O)[C@@H](O[C@H]1[C@H](O)[C@H]2O)O[C@@H]8CO)O[C@@H]7CO)O[C@@H]6CO)O[C@@H]5CO)O[C@@H]4CO)O[C@@H]3CO.c1cc(Cn2ccnc2)cc(Cn2ccnc2)c1. The quantitative estimate of drug-likeness (QED) is 0.0848. The highest BCUT2D eigenvalue weighted by atomic mass is 16.8. The van der Waals surface area contributed by atoms with Gasteiger partial charge in [0.15, 0.2) is 44.0 Å². The van der Waals surface area contributed by atoms with Crippen molar-refractivity contribution in [1.82, 2.24) is 19.1 Å². The topological polar surface area (TPSA) is 590 Å². The first-order chi connectivity index (χ1) is 45.6. The zero-order chi connectivity index (χ0) is 68.3. The van der Waals surface area contributed by atoms with Crippen LogP contribution in [0.4, 0.5) is 0 Å². The number of rotatable bonds is 11. The molecule has 3 aromatic rings. The van der Waals surface area contributed by atoms with Crippen LogP contribution in [0.3, 0.4) is 0 Å². The van der Waals surface area contributed by atoms with Crippen LogP contribution in [0.5, 0.6) is 0 Å². The van der Waals surface area contributed by atoms with E-state index >= 15 is 0 Å². The van der Waals surface area contributed by atoms with Crippen LogP contribution in [0.1, 0.15) is 11.1 Å². The number of benzene rings is 1. The molecule has 0 amide bonds. The van der Waals surface area contributed by atoms with E-state index < -0.39 is 261 Å². The number of aliphatic hydroxyl groups is 21. The van der Waals surface area contributed by atoms with Crippen LogP contribution < -0.4 is 0 Å². The van der Waals surface area contributed by atoms with E-state index in [0.717, 1.165) is 13.1 Å². The number of imidazole rings is 2. The van der Waals surface area contributed by atoms with Gasteiger partial charge in [0, 0.05) is 37.9 Å². The van der Waals surface area contributed by atoms with Gasteiger partial charge in [-0.1, -0.05) is 24.3 Å². The Morgan fingerprint density at radius 3 is 0.621 bits per heavy atom. The lowest BCUT2D eigenvalue weighted by Gasteiger charge is -2.50. The fourth-order valence-electron chi connectivity index (χ4n) is 12.4. The molecule has 95 heavy (non-hydrogen) atoms. The average molecular weight is 1370 g/mol. The molecule has 0 unspecified atom stereocenters. The fraction of sp³-hybridized carbons (Fsp3) is 0.786. The summed E-state index contributed by atoms with van der Waals surface area (Å²) in [5.74, 6) is 0. The summed E-state index contributed by atoms with van der Waals surface area (Å²) in [7, 11) is 0. The first kappa shape index (κ1) is 73.9. The van der Waals surface area contributed by atoms with Gasteiger partial charge in [-0.25, -0.2) is 9.97 Å². The van der Waals surface area contributed by atoms with Crippen molar-refractivity contribution < 1.29 is 174 Å². The number of ether oxygens (including phenoxy) is 14. The van der Waals surface area contributed by atoms with Gasteiger partial charge in [0.05, 0.1) is 58.9 Å². The van der Waals surface area contributed by atoms with Crippen molar-refractivity contribution in [1.29, 1.82) is 0 Å². The molecule has 0 radical (unpaired) electrons. The monoisotopic (exact) mass is 1370 g/mol. The van der Waals surface area contributed by atoms with Crippen molar-refractivity contribution in [2.45, 2.75) is 228 Å². The van der Waals surface area contributed by atoms with Gasteiger partial charge in [0.25, 0.3) is 0 Å². The number of aliphatic hydroxyl groups excluding tert-OH is 21. The zero-order valence-electron chi connectivity index (χ0n) is 50.2. The highest BCUT2D eigenvalue weighted by molar-refractivity contribution is 5.24. The summed E-state index contributed by atoms with van der Waals surface area (Å²) < 4.78 is 83.6. The van der Waals surface area contributed by atoms with Crippen LogP contribution >= 0.6 is 0 Å².